The fraction of sp³-hybridized carbons (Fsp3) is 0.389. The summed E-state index contributed by atoms with van der Waals surface area (Å²) in [5.74, 6) is -0.943. The van der Waals surface area contributed by atoms with Crippen molar-refractivity contribution < 1.29 is 24.0 Å². The number of carboxylic acids is 1. The first-order valence-electron chi connectivity index (χ1n) is 8.05. The molecule has 1 aliphatic heterocycles. The zero-order valence-corrected chi connectivity index (χ0v) is 14.1. The molecule has 0 radical (unpaired) electrons. The monoisotopic (exact) mass is 344 g/mol. The van der Waals surface area contributed by atoms with Gasteiger partial charge in [-0.1, -0.05) is 23.4 Å². The summed E-state index contributed by atoms with van der Waals surface area (Å²) in [4.78, 5) is 25.8. The molecule has 0 spiro atoms. The first kappa shape index (κ1) is 17.0. The molecule has 2 atom stereocenters. The Morgan fingerprint density at radius 3 is 2.76 bits per heavy atom. The van der Waals surface area contributed by atoms with Gasteiger partial charge in [-0.25, -0.2) is 0 Å². The summed E-state index contributed by atoms with van der Waals surface area (Å²) in [6.07, 6.45) is 0.0752. The number of hydrogen-bond acceptors (Lipinski definition) is 5. The molecule has 1 N–H and O–H groups in total. The lowest BCUT2D eigenvalue weighted by Crippen LogP contribution is -2.31. The van der Waals surface area contributed by atoms with E-state index in [1.165, 1.54) is 0 Å². The molecule has 3 rings (SSSR count). The Balaban J connectivity index is 1.80. The van der Waals surface area contributed by atoms with Gasteiger partial charge >= 0.3 is 5.97 Å². The Morgan fingerprint density at radius 1 is 1.36 bits per heavy atom. The normalized spacial score (nSPS) is 19.8. The molecule has 1 aliphatic rings. The maximum Gasteiger partial charge on any atom is 0.308 e. The third kappa shape index (κ3) is 3.50. The molecule has 0 aliphatic carbocycles. The van der Waals surface area contributed by atoms with Crippen LogP contribution < -0.4 is 4.74 Å². The van der Waals surface area contributed by atoms with Gasteiger partial charge in [-0.3, -0.25) is 9.59 Å². The van der Waals surface area contributed by atoms with Gasteiger partial charge in [-0.15, -0.1) is 0 Å². The number of ether oxygens (including phenoxy) is 1. The van der Waals surface area contributed by atoms with E-state index in [9.17, 15) is 14.7 Å². The summed E-state index contributed by atoms with van der Waals surface area (Å²) >= 11 is 0. The molecule has 0 saturated carbocycles. The quantitative estimate of drug-likeness (QED) is 0.890. The van der Waals surface area contributed by atoms with Crippen LogP contribution in [0.15, 0.2) is 34.9 Å². The molecule has 1 fully saturated rings. The molecule has 25 heavy (non-hydrogen) atoms. The van der Waals surface area contributed by atoms with Crippen molar-refractivity contribution in [3.05, 3.63) is 47.3 Å². The Morgan fingerprint density at radius 2 is 2.12 bits per heavy atom. The van der Waals surface area contributed by atoms with Gasteiger partial charge in [0.05, 0.1) is 25.1 Å². The van der Waals surface area contributed by atoms with Crippen LogP contribution >= 0.6 is 0 Å². The van der Waals surface area contributed by atoms with E-state index >= 15 is 0 Å². The SMILES string of the molecule is COc1ccccc1[C@@H]1CN(C(=O)Cc2cc(C)no2)C[C@H]1C(=O)O. The predicted octanol–water partition coefficient (Wildman–Crippen LogP) is 1.86. The fourth-order valence-corrected chi connectivity index (χ4v) is 3.31. The maximum atomic E-state index is 12.5. The summed E-state index contributed by atoms with van der Waals surface area (Å²) in [7, 11) is 1.55. The first-order valence-corrected chi connectivity index (χ1v) is 8.05. The highest BCUT2D eigenvalue weighted by Crippen LogP contribution is 2.37. The highest BCUT2D eigenvalue weighted by atomic mass is 16.5. The van der Waals surface area contributed by atoms with Crippen LogP contribution in [-0.2, 0) is 16.0 Å². The number of likely N-dealkylation sites (tertiary alicyclic amines) is 1. The number of para-hydroxylation sites is 1. The van der Waals surface area contributed by atoms with Crippen LogP contribution in [0.5, 0.6) is 5.75 Å². The number of aromatic nitrogens is 1. The number of nitrogens with zero attached hydrogens (tertiary/aromatic N) is 2. The molecule has 1 aromatic carbocycles. The van der Waals surface area contributed by atoms with Gasteiger partial charge in [0, 0.05) is 25.1 Å². The van der Waals surface area contributed by atoms with E-state index in [1.54, 1.807) is 31.1 Å². The summed E-state index contributed by atoms with van der Waals surface area (Å²) < 4.78 is 10.4. The minimum atomic E-state index is -0.915. The predicted molar refractivity (Wildman–Crippen MR) is 88.4 cm³/mol. The van der Waals surface area contributed by atoms with Gasteiger partial charge in [0.25, 0.3) is 0 Å². The number of benzene rings is 1. The Labute approximate surface area is 145 Å². The Kier molecular flexibility index (Phi) is 4.74. The summed E-state index contributed by atoms with van der Waals surface area (Å²) in [6.45, 7) is 2.29. The molecule has 2 heterocycles. The second-order valence-electron chi connectivity index (χ2n) is 6.20. The summed E-state index contributed by atoms with van der Waals surface area (Å²) in [5.41, 5.74) is 1.52. The number of aryl methyl sites for hydroxylation is 1. The molecule has 132 valence electrons. The number of amides is 1. The van der Waals surface area contributed by atoms with Crippen LogP contribution in [0.2, 0.25) is 0 Å². The van der Waals surface area contributed by atoms with Crippen LogP contribution in [-0.4, -0.2) is 47.2 Å². The second-order valence-corrected chi connectivity index (χ2v) is 6.20. The Bertz CT molecular complexity index is 785. The lowest BCUT2D eigenvalue weighted by molar-refractivity contribution is -0.141. The van der Waals surface area contributed by atoms with Crippen molar-refractivity contribution in [3.8, 4) is 5.75 Å². The van der Waals surface area contributed by atoms with E-state index < -0.39 is 11.9 Å². The molecule has 2 aromatic rings. The number of hydrogen-bond donors (Lipinski definition) is 1. The number of carbonyl (C=O) groups excluding carboxylic acids is 1. The second kappa shape index (κ2) is 6.96. The van der Waals surface area contributed by atoms with E-state index in [1.807, 2.05) is 18.2 Å². The van der Waals surface area contributed by atoms with Crippen LogP contribution in [0.25, 0.3) is 0 Å². The molecular weight excluding hydrogens is 324 g/mol. The van der Waals surface area contributed by atoms with E-state index in [2.05, 4.69) is 5.16 Å². The lowest BCUT2D eigenvalue weighted by atomic mass is 9.88. The largest absolute Gasteiger partial charge is 0.496 e. The summed E-state index contributed by atoms with van der Waals surface area (Å²) in [6, 6.07) is 9.05. The van der Waals surface area contributed by atoms with Crippen LogP contribution in [0.4, 0.5) is 0 Å². The van der Waals surface area contributed by atoms with Gasteiger partial charge in [0.2, 0.25) is 5.91 Å². The van der Waals surface area contributed by atoms with E-state index in [4.69, 9.17) is 9.26 Å². The van der Waals surface area contributed by atoms with Gasteiger partial charge in [0.1, 0.15) is 11.5 Å². The third-order valence-electron chi connectivity index (χ3n) is 4.53. The Hall–Kier alpha value is -2.83. The van der Waals surface area contributed by atoms with Crippen molar-refractivity contribution in [1.29, 1.82) is 0 Å². The number of rotatable bonds is 5. The van der Waals surface area contributed by atoms with Crippen LogP contribution in [0, 0.1) is 12.8 Å². The molecule has 7 nitrogen and oxygen atoms in total. The van der Waals surface area contributed by atoms with Crippen molar-refractivity contribution >= 4 is 11.9 Å². The minimum absolute atomic E-state index is 0.0752. The van der Waals surface area contributed by atoms with E-state index in [0.29, 0.717) is 23.7 Å². The molecular formula is C18H20N2O5. The maximum absolute atomic E-state index is 12.5. The third-order valence-corrected chi connectivity index (χ3v) is 4.53. The number of aliphatic carboxylic acids is 1. The van der Waals surface area contributed by atoms with Crippen molar-refractivity contribution in [3.63, 3.8) is 0 Å². The molecule has 7 heteroatoms. The minimum Gasteiger partial charge on any atom is -0.496 e. The first-order chi connectivity index (χ1) is 12.0. The molecule has 1 saturated heterocycles. The highest BCUT2D eigenvalue weighted by Gasteiger charge is 2.41. The topological polar surface area (TPSA) is 92.9 Å². The van der Waals surface area contributed by atoms with Crippen molar-refractivity contribution in [2.75, 3.05) is 20.2 Å². The van der Waals surface area contributed by atoms with Crippen molar-refractivity contribution in [2.24, 2.45) is 5.92 Å². The standard InChI is InChI=1S/C18H20N2O5/c1-11-7-12(25-19-11)8-17(21)20-9-14(15(10-20)18(22)23)13-5-3-4-6-16(13)24-2/h3-7,14-15H,8-10H2,1-2H3,(H,22,23)/t14-,15+/m0/s1. The average molecular weight is 344 g/mol. The smallest absolute Gasteiger partial charge is 0.308 e. The molecule has 1 amide bonds. The van der Waals surface area contributed by atoms with Gasteiger partial charge in [0.15, 0.2) is 0 Å². The highest BCUT2D eigenvalue weighted by molar-refractivity contribution is 5.81. The fourth-order valence-electron chi connectivity index (χ4n) is 3.31. The van der Waals surface area contributed by atoms with Crippen LogP contribution in [0.3, 0.4) is 0 Å². The van der Waals surface area contributed by atoms with Crippen molar-refractivity contribution in [1.82, 2.24) is 10.1 Å². The van der Waals surface area contributed by atoms with Gasteiger partial charge in [-0.2, -0.15) is 0 Å². The van der Waals surface area contributed by atoms with E-state index in [-0.39, 0.29) is 24.8 Å². The zero-order chi connectivity index (χ0) is 18.0. The van der Waals surface area contributed by atoms with Crippen LogP contribution in [0.1, 0.15) is 22.9 Å². The molecule has 1 aromatic heterocycles. The average Bonchev–Trinajstić information content (AvgIpc) is 3.21. The number of carboxylic acid groups (broad SMARTS) is 1. The lowest BCUT2D eigenvalue weighted by Gasteiger charge is -2.18. The van der Waals surface area contributed by atoms with Gasteiger partial charge < -0.3 is 19.3 Å². The van der Waals surface area contributed by atoms with Crippen molar-refractivity contribution in [2.45, 2.75) is 19.3 Å². The number of methoxy groups -OCH3 is 1. The van der Waals surface area contributed by atoms with Gasteiger partial charge in [-0.05, 0) is 18.6 Å². The number of carbonyl (C=O) groups is 2. The molecule has 0 unspecified atom stereocenters. The molecule has 0 bridgehead atoms. The summed E-state index contributed by atoms with van der Waals surface area (Å²) in [5, 5.41) is 13.4. The zero-order valence-electron chi connectivity index (χ0n) is 14.1. The van der Waals surface area contributed by atoms with E-state index in [0.717, 1.165) is 5.56 Å².